The zero-order valence-corrected chi connectivity index (χ0v) is 23.6. The van der Waals surface area contributed by atoms with Crippen LogP contribution in [-0.4, -0.2) is 82.9 Å². The minimum Gasteiger partial charge on any atom is -0.385 e. The van der Waals surface area contributed by atoms with Crippen LogP contribution in [0.3, 0.4) is 0 Å². The van der Waals surface area contributed by atoms with Crippen molar-refractivity contribution in [3.8, 4) is 0 Å². The Morgan fingerprint density at radius 1 is 0.905 bits per heavy atom. The lowest BCUT2D eigenvalue weighted by atomic mass is 10.0. The summed E-state index contributed by atoms with van der Waals surface area (Å²) in [6.45, 7) is 1.57. The van der Waals surface area contributed by atoms with E-state index in [2.05, 4.69) is 50.3 Å². The molecule has 12 heteroatoms. The maximum Gasteiger partial charge on any atom is 0.411 e. The van der Waals surface area contributed by atoms with Crippen LogP contribution in [0.2, 0.25) is 0 Å². The SMILES string of the molecule is COCCCNc1ccc([C@H]2O[C@@H]3CN[C@H]2C3)cc1.O=C(COCC(F)(F)F)Nc1ccc([C@H]2O[C@@H]3CN[C@H]2C3)cc1. The van der Waals surface area contributed by atoms with E-state index in [-0.39, 0.29) is 18.3 Å². The highest BCUT2D eigenvalue weighted by Crippen LogP contribution is 2.38. The fourth-order valence-corrected chi connectivity index (χ4v) is 5.81. The highest BCUT2D eigenvalue weighted by atomic mass is 19.4. The number of amides is 1. The van der Waals surface area contributed by atoms with E-state index in [4.69, 9.17) is 14.2 Å². The number of anilines is 2. The molecule has 4 aliphatic heterocycles. The Hall–Kier alpha value is -2.74. The number of benzene rings is 2. The summed E-state index contributed by atoms with van der Waals surface area (Å²) in [5.74, 6) is -0.625. The molecule has 6 atom stereocenters. The van der Waals surface area contributed by atoms with Crippen molar-refractivity contribution >= 4 is 17.3 Å². The van der Waals surface area contributed by atoms with Gasteiger partial charge in [-0.05, 0) is 54.7 Å². The van der Waals surface area contributed by atoms with Gasteiger partial charge in [0.05, 0.1) is 24.4 Å². The van der Waals surface area contributed by atoms with Crippen LogP contribution in [-0.2, 0) is 23.7 Å². The van der Waals surface area contributed by atoms with E-state index in [0.29, 0.717) is 23.9 Å². The van der Waals surface area contributed by atoms with Gasteiger partial charge < -0.3 is 40.2 Å². The Bertz CT molecular complexity index is 1150. The van der Waals surface area contributed by atoms with Crippen molar-refractivity contribution in [1.29, 1.82) is 0 Å². The van der Waals surface area contributed by atoms with Gasteiger partial charge in [0, 0.05) is 56.8 Å². The first-order chi connectivity index (χ1) is 20.3. The minimum absolute atomic E-state index is 0.00798. The van der Waals surface area contributed by atoms with Gasteiger partial charge in [-0.3, -0.25) is 4.79 Å². The summed E-state index contributed by atoms with van der Waals surface area (Å²) in [5.41, 5.74) is 3.96. The molecule has 0 spiro atoms. The van der Waals surface area contributed by atoms with Crippen LogP contribution in [0.1, 0.15) is 42.6 Å². The van der Waals surface area contributed by atoms with Crippen LogP contribution in [0.5, 0.6) is 0 Å². The molecule has 42 heavy (non-hydrogen) atoms. The average Bonchev–Trinajstić information content (AvgIpc) is 3.79. The van der Waals surface area contributed by atoms with Gasteiger partial charge in [-0.25, -0.2) is 0 Å². The highest BCUT2D eigenvalue weighted by molar-refractivity contribution is 5.91. The van der Waals surface area contributed by atoms with Crippen molar-refractivity contribution in [3.63, 3.8) is 0 Å². The van der Waals surface area contributed by atoms with Crippen LogP contribution in [0.4, 0.5) is 24.5 Å². The highest BCUT2D eigenvalue weighted by Gasteiger charge is 2.42. The third kappa shape index (κ3) is 8.42. The molecular formula is C30H39F3N4O5. The number of rotatable bonds is 11. The number of fused-ring (bicyclic) bond motifs is 4. The first kappa shape index (κ1) is 30.7. The third-order valence-corrected chi connectivity index (χ3v) is 7.77. The lowest BCUT2D eigenvalue weighted by molar-refractivity contribution is -0.174. The smallest absolute Gasteiger partial charge is 0.385 e. The number of carbonyl (C=O) groups excluding carboxylic acids is 1. The Kier molecular flexibility index (Phi) is 10.3. The molecule has 230 valence electrons. The summed E-state index contributed by atoms with van der Waals surface area (Å²) in [7, 11) is 1.73. The van der Waals surface area contributed by atoms with E-state index in [1.165, 1.54) is 5.56 Å². The molecule has 0 radical (unpaired) electrons. The molecule has 9 nitrogen and oxygen atoms in total. The van der Waals surface area contributed by atoms with Gasteiger partial charge in [0.1, 0.15) is 13.2 Å². The van der Waals surface area contributed by atoms with Gasteiger partial charge in [0.25, 0.3) is 0 Å². The van der Waals surface area contributed by atoms with Crippen LogP contribution < -0.4 is 21.3 Å². The number of halogens is 3. The molecule has 4 N–H and O–H groups in total. The quantitative estimate of drug-likeness (QED) is 0.291. The molecule has 0 saturated carbocycles. The molecule has 6 rings (SSSR count). The zero-order valence-electron chi connectivity index (χ0n) is 23.6. The molecule has 1 amide bonds. The van der Waals surface area contributed by atoms with E-state index in [1.54, 1.807) is 19.2 Å². The van der Waals surface area contributed by atoms with Gasteiger partial charge in [-0.2, -0.15) is 13.2 Å². The van der Waals surface area contributed by atoms with E-state index in [1.807, 2.05) is 12.1 Å². The fraction of sp³-hybridized carbons (Fsp3) is 0.567. The second-order valence-corrected chi connectivity index (χ2v) is 11.0. The van der Waals surface area contributed by atoms with Gasteiger partial charge in [-0.1, -0.05) is 24.3 Å². The third-order valence-electron chi connectivity index (χ3n) is 7.77. The second kappa shape index (κ2) is 14.2. The molecule has 0 unspecified atom stereocenters. The number of nitrogens with one attached hydrogen (secondary N) is 4. The Morgan fingerprint density at radius 2 is 1.45 bits per heavy atom. The number of hydrogen-bond donors (Lipinski definition) is 4. The van der Waals surface area contributed by atoms with Crippen LogP contribution >= 0.6 is 0 Å². The number of ether oxygens (including phenoxy) is 4. The van der Waals surface area contributed by atoms with E-state index in [9.17, 15) is 18.0 Å². The van der Waals surface area contributed by atoms with Crippen LogP contribution in [0.25, 0.3) is 0 Å². The van der Waals surface area contributed by atoms with Crippen LogP contribution in [0.15, 0.2) is 48.5 Å². The number of carbonyl (C=O) groups is 1. The summed E-state index contributed by atoms with van der Waals surface area (Å²) >= 11 is 0. The van der Waals surface area contributed by atoms with Crippen molar-refractivity contribution in [2.24, 2.45) is 0 Å². The second-order valence-electron chi connectivity index (χ2n) is 11.0. The minimum atomic E-state index is -4.43. The summed E-state index contributed by atoms with van der Waals surface area (Å²) in [5, 5.41) is 12.8. The predicted octanol–water partition coefficient (Wildman–Crippen LogP) is 3.94. The largest absolute Gasteiger partial charge is 0.411 e. The summed E-state index contributed by atoms with van der Waals surface area (Å²) < 4.78 is 57.0. The predicted molar refractivity (Wildman–Crippen MR) is 151 cm³/mol. The molecule has 4 bridgehead atoms. The van der Waals surface area contributed by atoms with Gasteiger partial charge in [0.15, 0.2) is 0 Å². The fourth-order valence-electron chi connectivity index (χ4n) is 5.81. The van der Waals surface area contributed by atoms with Crippen LogP contribution in [0, 0.1) is 0 Å². The van der Waals surface area contributed by atoms with Gasteiger partial charge in [-0.15, -0.1) is 0 Å². The van der Waals surface area contributed by atoms with Gasteiger partial charge in [0.2, 0.25) is 5.91 Å². The molecule has 0 aliphatic carbocycles. The molecular weight excluding hydrogens is 553 g/mol. The van der Waals surface area contributed by atoms with Gasteiger partial charge >= 0.3 is 6.18 Å². The summed E-state index contributed by atoms with van der Waals surface area (Å²) in [4.78, 5) is 11.5. The molecule has 4 aliphatic rings. The van der Waals surface area contributed by atoms with E-state index < -0.39 is 25.3 Å². The molecule has 2 aromatic rings. The van der Waals surface area contributed by atoms with Crippen molar-refractivity contribution < 1.29 is 36.9 Å². The summed E-state index contributed by atoms with van der Waals surface area (Å²) in [6, 6.07) is 16.5. The standard InChI is InChI=1S/C15H17F3N2O3.C15H22N2O2/c16-15(17,18)8-22-7-13(21)20-10-3-1-9(2-4-10)14-12-5-11(23-14)6-19-12;1-18-8-2-7-16-12-5-3-11(4-6-12)15-14-9-13(19-15)10-17-14/h1-4,11-12,14,19H,5-8H2,(H,20,21);3-6,13-17H,2,7-10H2,1H3/t11-,12-,14+;13-,14-,15+/m00/s1. The lowest BCUT2D eigenvalue weighted by Crippen LogP contribution is -2.33. The Balaban J connectivity index is 0.000000171. The number of alkyl halides is 3. The van der Waals surface area contributed by atoms with Crippen molar-refractivity contribution in [1.82, 2.24) is 10.6 Å². The maximum atomic E-state index is 11.9. The molecule has 0 aromatic heterocycles. The topological polar surface area (TPSA) is 102 Å². The monoisotopic (exact) mass is 592 g/mol. The molecule has 2 aromatic carbocycles. The first-order valence-corrected chi connectivity index (χ1v) is 14.4. The first-order valence-electron chi connectivity index (χ1n) is 14.4. The lowest BCUT2D eigenvalue weighted by Gasteiger charge is -2.23. The Labute approximate surface area is 243 Å². The number of methoxy groups -OCH3 is 1. The summed E-state index contributed by atoms with van der Waals surface area (Å²) in [6.07, 6.45) is -0.331. The van der Waals surface area contributed by atoms with Crippen molar-refractivity contribution in [2.75, 3.05) is 57.2 Å². The Morgan fingerprint density at radius 3 is 1.90 bits per heavy atom. The molecule has 4 fully saturated rings. The number of morpholine rings is 2. The maximum absolute atomic E-state index is 11.9. The van der Waals surface area contributed by atoms with Crippen molar-refractivity contribution in [2.45, 2.75) is 61.9 Å². The normalized spacial score (nSPS) is 27.5. The van der Waals surface area contributed by atoms with E-state index >= 15 is 0 Å². The molecule has 4 saturated heterocycles. The average molecular weight is 593 g/mol. The zero-order chi connectivity index (χ0) is 29.5. The van der Waals surface area contributed by atoms with Crippen molar-refractivity contribution in [3.05, 3.63) is 59.7 Å². The van der Waals surface area contributed by atoms with E-state index in [0.717, 1.165) is 56.8 Å². The molecule has 4 heterocycles. The number of hydrogen-bond acceptors (Lipinski definition) is 8.